The summed E-state index contributed by atoms with van der Waals surface area (Å²) < 4.78 is 0. The van der Waals surface area contributed by atoms with Gasteiger partial charge in [-0.25, -0.2) is 0 Å². The van der Waals surface area contributed by atoms with Gasteiger partial charge in [-0.1, -0.05) is 54.4 Å². The van der Waals surface area contributed by atoms with Crippen molar-refractivity contribution >= 4 is 28.2 Å². The maximum atomic E-state index is 12.6. The van der Waals surface area contributed by atoms with Gasteiger partial charge in [0.15, 0.2) is 0 Å². The summed E-state index contributed by atoms with van der Waals surface area (Å²) in [6.07, 6.45) is 6.64. The summed E-state index contributed by atoms with van der Waals surface area (Å²) >= 11 is 0. The second-order valence-electron chi connectivity index (χ2n) is 6.56. The average molecular weight is 345 g/mol. The third-order valence-corrected chi connectivity index (χ3v) is 4.87. The topological polar surface area (TPSA) is 50.5 Å². The highest BCUT2D eigenvalue weighted by Gasteiger charge is 2.19. The summed E-state index contributed by atoms with van der Waals surface area (Å²) in [5.41, 5.74) is 4.23. The largest absolute Gasteiger partial charge is 0.442 e. The molecule has 4 rings (SSSR count). The van der Waals surface area contributed by atoms with Gasteiger partial charge in [-0.05, 0) is 35.1 Å². The van der Waals surface area contributed by atoms with Crippen LogP contribution in [0.5, 0.6) is 0 Å². The Hall–Kier alpha value is -3.08. The van der Waals surface area contributed by atoms with Crippen molar-refractivity contribution in [3.63, 3.8) is 0 Å². The average Bonchev–Trinajstić information content (AvgIpc) is 3.13. The van der Waals surface area contributed by atoms with E-state index in [9.17, 15) is 4.79 Å². The number of hydrogen-bond acceptors (Lipinski definition) is 3. The number of para-hydroxylation sites is 1. The molecule has 1 amide bonds. The van der Waals surface area contributed by atoms with Gasteiger partial charge < -0.3 is 19.8 Å². The lowest BCUT2D eigenvalue weighted by molar-refractivity contribution is -0.129. The highest BCUT2D eigenvalue weighted by Crippen LogP contribution is 2.28. The lowest BCUT2D eigenvalue weighted by Gasteiger charge is -2.29. The highest BCUT2D eigenvalue weighted by molar-refractivity contribution is 5.91. The second kappa shape index (κ2) is 7.04. The van der Waals surface area contributed by atoms with Gasteiger partial charge >= 0.3 is 0 Å². The van der Waals surface area contributed by atoms with Crippen LogP contribution in [0.2, 0.25) is 0 Å². The predicted octanol–water partition coefficient (Wildman–Crippen LogP) is 2.94. The summed E-state index contributed by atoms with van der Waals surface area (Å²) in [5.74, 6) is 0.152. The maximum Gasteiger partial charge on any atom is 0.242 e. The van der Waals surface area contributed by atoms with Crippen LogP contribution < -0.4 is 9.88 Å². The summed E-state index contributed by atoms with van der Waals surface area (Å²) in [4.78, 5) is 25.2. The minimum absolute atomic E-state index is 0.152. The molecule has 0 atom stereocenters. The SMILES string of the molecule is CN(CC(=O)N1CC=C(c2c[n-]c3ncccc23)CC1)c1ccccc1. The summed E-state index contributed by atoms with van der Waals surface area (Å²) in [6, 6.07) is 14.0. The zero-order valence-corrected chi connectivity index (χ0v) is 14.8. The Morgan fingerprint density at radius 3 is 2.85 bits per heavy atom. The zero-order valence-electron chi connectivity index (χ0n) is 14.8. The number of likely N-dealkylation sites (N-methyl/N-ethyl adjacent to an activating group) is 1. The Balaban J connectivity index is 1.43. The van der Waals surface area contributed by atoms with E-state index in [1.54, 1.807) is 6.20 Å². The van der Waals surface area contributed by atoms with Gasteiger partial charge in [0, 0.05) is 25.8 Å². The number of benzene rings is 1. The van der Waals surface area contributed by atoms with Crippen molar-refractivity contribution in [2.45, 2.75) is 6.42 Å². The Morgan fingerprint density at radius 2 is 2.08 bits per heavy atom. The number of carbonyl (C=O) groups is 1. The van der Waals surface area contributed by atoms with Crippen LogP contribution in [-0.4, -0.2) is 42.5 Å². The standard InChI is InChI=1S/C21H21N4O/c1-24(17-6-3-2-4-7-17)15-20(26)25-12-9-16(10-13-25)19-14-23-21-18(19)8-5-11-22-21/h2-9,11,14H,10,12-13,15H2,1H3/q-1. The fourth-order valence-electron chi connectivity index (χ4n) is 3.38. The maximum absolute atomic E-state index is 12.6. The molecular weight excluding hydrogens is 324 g/mol. The van der Waals surface area contributed by atoms with Crippen molar-refractivity contribution in [2.75, 3.05) is 31.6 Å². The Kier molecular flexibility index (Phi) is 4.44. The van der Waals surface area contributed by atoms with Gasteiger partial charge in [-0.3, -0.25) is 4.79 Å². The molecule has 0 unspecified atom stereocenters. The zero-order chi connectivity index (χ0) is 17.9. The van der Waals surface area contributed by atoms with Crippen LogP contribution in [0.1, 0.15) is 12.0 Å². The van der Waals surface area contributed by atoms with Crippen LogP contribution in [0.15, 0.2) is 60.9 Å². The third kappa shape index (κ3) is 3.20. The number of fused-ring (bicyclic) bond motifs is 1. The number of nitrogens with zero attached hydrogens (tertiary/aromatic N) is 4. The predicted molar refractivity (Wildman–Crippen MR) is 104 cm³/mol. The van der Waals surface area contributed by atoms with E-state index in [2.05, 4.69) is 22.1 Å². The van der Waals surface area contributed by atoms with Crippen LogP contribution >= 0.6 is 0 Å². The second-order valence-corrected chi connectivity index (χ2v) is 6.56. The molecule has 1 aromatic carbocycles. The Morgan fingerprint density at radius 1 is 1.23 bits per heavy atom. The molecule has 0 fully saturated rings. The van der Waals surface area contributed by atoms with Crippen molar-refractivity contribution in [3.8, 4) is 0 Å². The molecule has 3 heterocycles. The number of carbonyl (C=O) groups excluding carboxylic acids is 1. The van der Waals surface area contributed by atoms with Crippen molar-refractivity contribution in [1.82, 2.24) is 14.9 Å². The lowest BCUT2D eigenvalue weighted by Crippen LogP contribution is -2.41. The quantitative estimate of drug-likeness (QED) is 0.729. The fourth-order valence-corrected chi connectivity index (χ4v) is 3.38. The molecule has 0 saturated heterocycles. The monoisotopic (exact) mass is 345 g/mol. The molecule has 3 aromatic rings. The first-order valence-corrected chi connectivity index (χ1v) is 8.82. The van der Waals surface area contributed by atoms with Crippen LogP contribution in [0.4, 0.5) is 5.69 Å². The van der Waals surface area contributed by atoms with Crippen LogP contribution in [-0.2, 0) is 4.79 Å². The minimum Gasteiger partial charge on any atom is -0.442 e. The van der Waals surface area contributed by atoms with Crippen molar-refractivity contribution in [1.29, 1.82) is 0 Å². The summed E-state index contributed by atoms with van der Waals surface area (Å²) in [5, 5.41) is 1.09. The van der Waals surface area contributed by atoms with E-state index in [0.29, 0.717) is 13.1 Å². The Bertz CT molecular complexity index is 945. The molecule has 0 spiro atoms. The van der Waals surface area contributed by atoms with E-state index in [0.717, 1.165) is 35.2 Å². The minimum atomic E-state index is 0.152. The van der Waals surface area contributed by atoms with Crippen molar-refractivity contribution in [3.05, 3.63) is 66.5 Å². The summed E-state index contributed by atoms with van der Waals surface area (Å²) in [7, 11) is 1.95. The van der Waals surface area contributed by atoms with Crippen LogP contribution in [0.25, 0.3) is 16.6 Å². The number of amides is 1. The van der Waals surface area contributed by atoms with Gasteiger partial charge in [0.05, 0.1) is 6.54 Å². The molecule has 0 N–H and O–H groups in total. The third-order valence-electron chi connectivity index (χ3n) is 4.87. The van der Waals surface area contributed by atoms with Gasteiger partial charge in [0.2, 0.25) is 5.91 Å². The molecule has 0 aliphatic carbocycles. The van der Waals surface area contributed by atoms with E-state index >= 15 is 0 Å². The van der Waals surface area contributed by atoms with Gasteiger partial charge in [-0.2, -0.15) is 0 Å². The molecule has 1 aliphatic rings. The number of aromatic nitrogens is 2. The first-order valence-electron chi connectivity index (χ1n) is 8.82. The number of rotatable bonds is 4. The fraction of sp³-hybridized carbons (Fsp3) is 0.238. The molecule has 132 valence electrons. The van der Waals surface area contributed by atoms with E-state index in [1.165, 1.54) is 5.57 Å². The van der Waals surface area contributed by atoms with E-state index < -0.39 is 0 Å². The van der Waals surface area contributed by atoms with Gasteiger partial charge in [0.1, 0.15) is 0 Å². The number of pyridine rings is 1. The van der Waals surface area contributed by atoms with Crippen LogP contribution in [0.3, 0.4) is 0 Å². The summed E-state index contributed by atoms with van der Waals surface area (Å²) in [6.45, 7) is 1.77. The lowest BCUT2D eigenvalue weighted by atomic mass is 9.99. The molecular formula is C21H21N4O-. The van der Waals surface area contributed by atoms with Gasteiger partial charge in [-0.15, -0.1) is 0 Å². The molecule has 0 bridgehead atoms. The van der Waals surface area contributed by atoms with Crippen LogP contribution in [0, 0.1) is 0 Å². The molecule has 0 radical (unpaired) electrons. The van der Waals surface area contributed by atoms with E-state index in [-0.39, 0.29) is 5.91 Å². The van der Waals surface area contributed by atoms with Crippen molar-refractivity contribution in [2.24, 2.45) is 0 Å². The Labute approximate surface area is 153 Å². The van der Waals surface area contributed by atoms with Crippen molar-refractivity contribution < 1.29 is 4.79 Å². The molecule has 26 heavy (non-hydrogen) atoms. The molecule has 2 aromatic heterocycles. The normalized spacial score (nSPS) is 14.3. The molecule has 5 nitrogen and oxygen atoms in total. The smallest absolute Gasteiger partial charge is 0.242 e. The molecule has 1 aliphatic heterocycles. The highest BCUT2D eigenvalue weighted by atomic mass is 16.2. The van der Waals surface area contributed by atoms with E-state index in [4.69, 9.17) is 0 Å². The molecule has 0 saturated carbocycles. The molecule has 5 heteroatoms. The number of anilines is 1. The first-order chi connectivity index (χ1) is 12.7. The number of hydrogen-bond donors (Lipinski definition) is 0. The van der Waals surface area contributed by atoms with Gasteiger partial charge in [0.25, 0.3) is 0 Å². The van der Waals surface area contributed by atoms with E-state index in [1.807, 2.05) is 59.4 Å². The first kappa shape index (κ1) is 16.4.